The largest absolute Gasteiger partial charge is 0.298 e. The smallest absolute Gasteiger partial charge is 0.153 e. The van der Waals surface area contributed by atoms with Crippen molar-refractivity contribution < 1.29 is 4.79 Å². The van der Waals surface area contributed by atoms with Gasteiger partial charge >= 0.3 is 0 Å². The van der Waals surface area contributed by atoms with Crippen LogP contribution in [0.15, 0.2) is 36.5 Å². The number of benzene rings is 1. The van der Waals surface area contributed by atoms with Crippen LogP contribution in [0.3, 0.4) is 0 Å². The van der Waals surface area contributed by atoms with Gasteiger partial charge in [-0.25, -0.2) is 4.98 Å². The first kappa shape index (κ1) is 11.1. The summed E-state index contributed by atoms with van der Waals surface area (Å²) in [6.45, 7) is 0. The molecule has 0 N–H and O–H groups in total. The molecule has 0 bridgehead atoms. The van der Waals surface area contributed by atoms with Gasteiger partial charge in [0, 0.05) is 16.8 Å². The Balaban J connectivity index is 2.48. The molecule has 0 spiro atoms. The molecule has 0 fully saturated rings. The maximum absolute atomic E-state index is 10.7. The second kappa shape index (κ2) is 4.64. The summed E-state index contributed by atoms with van der Waals surface area (Å²) >= 11 is 11.5. The fourth-order valence-corrected chi connectivity index (χ4v) is 1.62. The molecule has 0 aliphatic heterocycles. The fraction of sp³-hybridized carbons (Fsp3) is 0. The highest BCUT2D eigenvalue weighted by atomic mass is 35.5. The molecule has 1 aromatic carbocycles. The van der Waals surface area contributed by atoms with Gasteiger partial charge in [-0.05, 0) is 23.8 Å². The molecule has 2 aromatic rings. The first-order chi connectivity index (χ1) is 7.70. The second-order valence-electron chi connectivity index (χ2n) is 3.23. The molecule has 4 heteroatoms. The number of aromatic nitrogens is 1. The van der Waals surface area contributed by atoms with E-state index in [0.29, 0.717) is 16.9 Å². The Labute approximate surface area is 103 Å². The third kappa shape index (κ3) is 2.23. The van der Waals surface area contributed by atoms with Crippen molar-refractivity contribution in [3.63, 3.8) is 0 Å². The molecule has 0 saturated carbocycles. The zero-order valence-electron chi connectivity index (χ0n) is 8.15. The number of carbonyl (C=O) groups is 1. The standard InChI is InChI=1S/C12H7Cl2NO/c13-11-3-1-8(2-4-11)9-5-10(7-16)12(14)15-6-9/h1-7H. The monoisotopic (exact) mass is 251 g/mol. The number of aldehydes is 1. The molecule has 16 heavy (non-hydrogen) atoms. The van der Waals surface area contributed by atoms with Gasteiger partial charge in [-0.1, -0.05) is 35.3 Å². The molecule has 0 saturated heterocycles. The Kier molecular flexibility index (Phi) is 3.22. The minimum atomic E-state index is 0.215. The van der Waals surface area contributed by atoms with Gasteiger partial charge < -0.3 is 0 Å². The molecule has 1 aromatic heterocycles. The van der Waals surface area contributed by atoms with E-state index in [1.165, 1.54) is 0 Å². The number of carbonyl (C=O) groups excluding carboxylic acids is 1. The second-order valence-corrected chi connectivity index (χ2v) is 4.02. The lowest BCUT2D eigenvalue weighted by molar-refractivity contribution is 0.112. The summed E-state index contributed by atoms with van der Waals surface area (Å²) in [4.78, 5) is 14.7. The van der Waals surface area contributed by atoms with Crippen LogP contribution in [-0.4, -0.2) is 11.3 Å². The van der Waals surface area contributed by atoms with Crippen molar-refractivity contribution in [1.29, 1.82) is 0 Å². The Hall–Kier alpha value is -1.38. The predicted octanol–water partition coefficient (Wildman–Crippen LogP) is 3.87. The quantitative estimate of drug-likeness (QED) is 0.599. The highest BCUT2D eigenvalue weighted by molar-refractivity contribution is 6.31. The SMILES string of the molecule is O=Cc1cc(-c2ccc(Cl)cc2)cnc1Cl. The van der Waals surface area contributed by atoms with Crippen LogP contribution in [0.1, 0.15) is 10.4 Å². The summed E-state index contributed by atoms with van der Waals surface area (Å²) in [5, 5.41) is 0.883. The van der Waals surface area contributed by atoms with Crippen LogP contribution < -0.4 is 0 Å². The molecule has 1 heterocycles. The number of hydrogen-bond acceptors (Lipinski definition) is 2. The van der Waals surface area contributed by atoms with Crippen LogP contribution in [0.4, 0.5) is 0 Å². The van der Waals surface area contributed by atoms with Gasteiger partial charge in [-0.2, -0.15) is 0 Å². The van der Waals surface area contributed by atoms with Crippen LogP contribution >= 0.6 is 23.2 Å². The molecule has 0 atom stereocenters. The summed E-state index contributed by atoms with van der Waals surface area (Å²) in [5.74, 6) is 0. The van der Waals surface area contributed by atoms with Crippen molar-refractivity contribution >= 4 is 29.5 Å². The highest BCUT2D eigenvalue weighted by Gasteiger charge is 2.04. The zero-order valence-corrected chi connectivity index (χ0v) is 9.66. The fourth-order valence-electron chi connectivity index (χ4n) is 1.35. The molecule has 0 aliphatic rings. The summed E-state index contributed by atoms with van der Waals surface area (Å²) in [6, 6.07) is 8.99. The normalized spacial score (nSPS) is 10.1. The van der Waals surface area contributed by atoms with Crippen molar-refractivity contribution in [2.75, 3.05) is 0 Å². The van der Waals surface area contributed by atoms with Gasteiger partial charge in [0.1, 0.15) is 5.15 Å². The molecule has 0 unspecified atom stereocenters. The molecular weight excluding hydrogens is 245 g/mol. The highest BCUT2D eigenvalue weighted by Crippen LogP contribution is 2.23. The van der Waals surface area contributed by atoms with E-state index in [2.05, 4.69) is 4.98 Å². The van der Waals surface area contributed by atoms with Crippen LogP contribution in [-0.2, 0) is 0 Å². The van der Waals surface area contributed by atoms with E-state index >= 15 is 0 Å². The van der Waals surface area contributed by atoms with E-state index in [4.69, 9.17) is 23.2 Å². The lowest BCUT2D eigenvalue weighted by Crippen LogP contribution is -1.88. The molecule has 0 amide bonds. The van der Waals surface area contributed by atoms with Gasteiger partial charge in [0.15, 0.2) is 6.29 Å². The third-order valence-corrected chi connectivity index (χ3v) is 2.74. The molecule has 0 radical (unpaired) electrons. The minimum absolute atomic E-state index is 0.215. The topological polar surface area (TPSA) is 30.0 Å². The predicted molar refractivity (Wildman–Crippen MR) is 65.1 cm³/mol. The van der Waals surface area contributed by atoms with E-state index in [-0.39, 0.29) is 5.15 Å². The maximum Gasteiger partial charge on any atom is 0.153 e. The lowest BCUT2D eigenvalue weighted by atomic mass is 10.1. The van der Waals surface area contributed by atoms with E-state index in [1.807, 2.05) is 12.1 Å². The van der Waals surface area contributed by atoms with Crippen LogP contribution in [0.5, 0.6) is 0 Å². The van der Waals surface area contributed by atoms with Crippen molar-refractivity contribution in [2.45, 2.75) is 0 Å². The third-order valence-electron chi connectivity index (χ3n) is 2.17. The summed E-state index contributed by atoms with van der Waals surface area (Å²) < 4.78 is 0. The Morgan fingerprint density at radius 2 is 1.75 bits per heavy atom. The van der Waals surface area contributed by atoms with Crippen molar-refractivity contribution in [2.24, 2.45) is 0 Å². The first-order valence-electron chi connectivity index (χ1n) is 4.57. The number of halogens is 2. The van der Waals surface area contributed by atoms with Crippen molar-refractivity contribution in [1.82, 2.24) is 4.98 Å². The Bertz CT molecular complexity index is 523. The maximum atomic E-state index is 10.7. The van der Waals surface area contributed by atoms with Gasteiger partial charge in [0.2, 0.25) is 0 Å². The van der Waals surface area contributed by atoms with Crippen LogP contribution in [0.25, 0.3) is 11.1 Å². The Morgan fingerprint density at radius 3 is 2.38 bits per heavy atom. The van der Waals surface area contributed by atoms with Gasteiger partial charge in [-0.15, -0.1) is 0 Å². The molecule has 2 rings (SSSR count). The van der Waals surface area contributed by atoms with Crippen LogP contribution in [0, 0.1) is 0 Å². The molecule has 2 nitrogen and oxygen atoms in total. The van der Waals surface area contributed by atoms with Gasteiger partial charge in [0.05, 0.1) is 5.56 Å². The summed E-state index contributed by atoms with van der Waals surface area (Å²) in [5.41, 5.74) is 2.16. The number of hydrogen-bond donors (Lipinski definition) is 0. The minimum Gasteiger partial charge on any atom is -0.298 e. The number of pyridine rings is 1. The van der Waals surface area contributed by atoms with E-state index in [9.17, 15) is 4.79 Å². The zero-order chi connectivity index (χ0) is 11.5. The number of rotatable bonds is 2. The van der Waals surface area contributed by atoms with E-state index in [1.54, 1.807) is 24.4 Å². The Morgan fingerprint density at radius 1 is 1.06 bits per heavy atom. The molecular formula is C12H7Cl2NO. The number of nitrogens with zero attached hydrogens (tertiary/aromatic N) is 1. The van der Waals surface area contributed by atoms with E-state index < -0.39 is 0 Å². The van der Waals surface area contributed by atoms with Gasteiger partial charge in [-0.3, -0.25) is 4.79 Å². The molecule has 0 aliphatic carbocycles. The van der Waals surface area contributed by atoms with Crippen molar-refractivity contribution in [3.8, 4) is 11.1 Å². The lowest BCUT2D eigenvalue weighted by Gasteiger charge is -2.03. The van der Waals surface area contributed by atoms with Gasteiger partial charge in [0.25, 0.3) is 0 Å². The summed E-state index contributed by atoms with van der Waals surface area (Å²) in [6.07, 6.45) is 2.31. The van der Waals surface area contributed by atoms with Crippen LogP contribution in [0.2, 0.25) is 10.2 Å². The first-order valence-corrected chi connectivity index (χ1v) is 5.33. The average Bonchev–Trinajstić information content (AvgIpc) is 2.31. The van der Waals surface area contributed by atoms with E-state index in [0.717, 1.165) is 11.1 Å². The molecule has 80 valence electrons. The average molecular weight is 252 g/mol. The summed E-state index contributed by atoms with van der Waals surface area (Å²) in [7, 11) is 0. The van der Waals surface area contributed by atoms with Crippen molar-refractivity contribution in [3.05, 3.63) is 52.3 Å².